The van der Waals surface area contributed by atoms with Gasteiger partial charge in [-0.25, -0.2) is 0 Å². The first-order valence-electron chi connectivity index (χ1n) is 7.11. The van der Waals surface area contributed by atoms with Crippen LogP contribution in [0.25, 0.3) is 0 Å². The lowest BCUT2D eigenvalue weighted by atomic mass is 9.90. The van der Waals surface area contributed by atoms with Gasteiger partial charge in [0.05, 0.1) is 0 Å². The van der Waals surface area contributed by atoms with Crippen molar-refractivity contribution in [2.75, 3.05) is 18.9 Å². The molecule has 1 rings (SSSR count). The van der Waals surface area contributed by atoms with Crippen molar-refractivity contribution in [1.82, 2.24) is 4.90 Å². The van der Waals surface area contributed by atoms with Crippen LogP contribution in [0.3, 0.4) is 0 Å². The number of nitrogens with zero attached hydrogens (tertiary/aromatic N) is 1. The Bertz CT molecular complexity index is 515. The van der Waals surface area contributed by atoms with Crippen LogP contribution in [0.1, 0.15) is 33.6 Å². The number of benzene rings is 1. The maximum Gasteiger partial charge on any atom is 0.239 e. The highest BCUT2D eigenvalue weighted by Crippen LogP contribution is 2.23. The molecule has 0 aliphatic carbocycles. The van der Waals surface area contributed by atoms with Crippen LogP contribution in [0, 0.1) is 5.41 Å². The summed E-state index contributed by atoms with van der Waals surface area (Å²) in [6, 6.07) is 6.87. The molecule has 0 aliphatic rings. The van der Waals surface area contributed by atoms with Gasteiger partial charge in [0.1, 0.15) is 5.41 Å². The summed E-state index contributed by atoms with van der Waals surface area (Å²) >= 11 is 5.89. The van der Waals surface area contributed by atoms with Crippen LogP contribution >= 0.6 is 11.6 Å². The van der Waals surface area contributed by atoms with Crippen molar-refractivity contribution < 1.29 is 9.59 Å². The molecule has 1 aromatic carbocycles. The number of nitrogens with one attached hydrogen (secondary N) is 1. The first-order chi connectivity index (χ1) is 9.78. The van der Waals surface area contributed by atoms with Gasteiger partial charge in [-0.2, -0.15) is 0 Å². The van der Waals surface area contributed by atoms with Crippen LogP contribution in [-0.4, -0.2) is 30.3 Å². The van der Waals surface area contributed by atoms with Crippen molar-refractivity contribution in [1.29, 1.82) is 0 Å². The number of halogens is 1. The van der Waals surface area contributed by atoms with E-state index in [4.69, 9.17) is 11.6 Å². The number of hydrogen-bond acceptors (Lipinski definition) is 2. The molecule has 0 saturated heterocycles. The molecular formula is C16H23ClN2O2. The van der Waals surface area contributed by atoms with Gasteiger partial charge in [-0.3, -0.25) is 9.59 Å². The van der Waals surface area contributed by atoms with Gasteiger partial charge < -0.3 is 10.2 Å². The minimum absolute atomic E-state index is 0.185. The number of unbranched alkanes of at least 4 members (excludes halogenated alkanes) is 1. The molecule has 4 nitrogen and oxygen atoms in total. The predicted molar refractivity (Wildman–Crippen MR) is 86.4 cm³/mol. The summed E-state index contributed by atoms with van der Waals surface area (Å²) in [5, 5.41) is 3.28. The van der Waals surface area contributed by atoms with E-state index in [1.807, 2.05) is 0 Å². The van der Waals surface area contributed by atoms with E-state index >= 15 is 0 Å². The zero-order valence-corrected chi connectivity index (χ0v) is 13.8. The Morgan fingerprint density at radius 1 is 1.33 bits per heavy atom. The SMILES string of the molecule is CCCCN(C)C(=O)C(C)(C)C(=O)Nc1cccc(Cl)c1. The lowest BCUT2D eigenvalue weighted by Crippen LogP contribution is -2.46. The second-order valence-corrected chi connectivity index (χ2v) is 6.11. The van der Waals surface area contributed by atoms with E-state index in [1.165, 1.54) is 0 Å². The summed E-state index contributed by atoms with van der Waals surface area (Å²) in [6.07, 6.45) is 1.93. The molecule has 0 unspecified atom stereocenters. The Kier molecular flexibility index (Phi) is 6.21. The Morgan fingerprint density at radius 3 is 2.57 bits per heavy atom. The average Bonchev–Trinajstić information content (AvgIpc) is 2.43. The van der Waals surface area contributed by atoms with Crippen molar-refractivity contribution >= 4 is 29.1 Å². The zero-order valence-electron chi connectivity index (χ0n) is 13.1. The van der Waals surface area contributed by atoms with Gasteiger partial charge in [0, 0.05) is 24.3 Å². The molecule has 5 heteroatoms. The maximum absolute atomic E-state index is 12.4. The maximum atomic E-state index is 12.4. The van der Waals surface area contributed by atoms with Crippen LogP contribution in [0.4, 0.5) is 5.69 Å². The lowest BCUT2D eigenvalue weighted by molar-refractivity contribution is -0.145. The molecule has 0 saturated carbocycles. The first kappa shape index (κ1) is 17.5. The fraction of sp³-hybridized carbons (Fsp3) is 0.500. The highest BCUT2D eigenvalue weighted by Gasteiger charge is 2.38. The molecule has 0 fully saturated rings. The van der Waals surface area contributed by atoms with E-state index in [0.29, 0.717) is 17.3 Å². The van der Waals surface area contributed by atoms with Gasteiger partial charge >= 0.3 is 0 Å². The van der Waals surface area contributed by atoms with E-state index in [0.717, 1.165) is 12.8 Å². The van der Waals surface area contributed by atoms with E-state index in [9.17, 15) is 9.59 Å². The molecule has 0 spiro atoms. The topological polar surface area (TPSA) is 49.4 Å². The number of carbonyl (C=O) groups is 2. The molecule has 0 atom stereocenters. The van der Waals surface area contributed by atoms with Gasteiger partial charge in [-0.15, -0.1) is 0 Å². The normalized spacial score (nSPS) is 11.1. The summed E-state index contributed by atoms with van der Waals surface area (Å²) in [6.45, 7) is 5.99. The van der Waals surface area contributed by atoms with Crippen molar-refractivity contribution in [3.05, 3.63) is 29.3 Å². The third-order valence-electron chi connectivity index (χ3n) is 3.38. The molecular weight excluding hydrogens is 288 g/mol. The predicted octanol–water partition coefficient (Wildman–Crippen LogP) is 3.56. The largest absolute Gasteiger partial charge is 0.345 e. The summed E-state index contributed by atoms with van der Waals surface area (Å²) in [4.78, 5) is 26.4. The van der Waals surface area contributed by atoms with Crippen LogP contribution in [0.15, 0.2) is 24.3 Å². The van der Waals surface area contributed by atoms with Crippen molar-refractivity contribution in [2.24, 2.45) is 5.41 Å². The number of anilines is 1. The van der Waals surface area contributed by atoms with Crippen molar-refractivity contribution in [2.45, 2.75) is 33.6 Å². The Balaban J connectivity index is 2.76. The van der Waals surface area contributed by atoms with E-state index in [1.54, 1.807) is 50.1 Å². The second-order valence-electron chi connectivity index (χ2n) is 5.67. The van der Waals surface area contributed by atoms with Crippen LogP contribution in [-0.2, 0) is 9.59 Å². The van der Waals surface area contributed by atoms with Gasteiger partial charge in [-0.05, 0) is 38.5 Å². The monoisotopic (exact) mass is 310 g/mol. The van der Waals surface area contributed by atoms with Gasteiger partial charge in [-0.1, -0.05) is 31.0 Å². The number of rotatable bonds is 6. The van der Waals surface area contributed by atoms with Crippen LogP contribution in [0.5, 0.6) is 0 Å². The average molecular weight is 311 g/mol. The fourth-order valence-electron chi connectivity index (χ4n) is 1.92. The number of amides is 2. The minimum Gasteiger partial charge on any atom is -0.345 e. The number of carbonyl (C=O) groups excluding carboxylic acids is 2. The third kappa shape index (κ3) is 4.74. The summed E-state index contributed by atoms with van der Waals surface area (Å²) in [5.74, 6) is -0.520. The van der Waals surface area contributed by atoms with Gasteiger partial charge in [0.25, 0.3) is 0 Å². The van der Waals surface area contributed by atoms with E-state index in [2.05, 4.69) is 12.2 Å². The first-order valence-corrected chi connectivity index (χ1v) is 7.49. The second kappa shape index (κ2) is 7.46. The third-order valence-corrected chi connectivity index (χ3v) is 3.61. The highest BCUT2D eigenvalue weighted by molar-refractivity contribution is 6.31. The van der Waals surface area contributed by atoms with Crippen LogP contribution < -0.4 is 5.32 Å². The molecule has 0 aromatic heterocycles. The molecule has 0 aliphatic heterocycles. The molecule has 0 bridgehead atoms. The quantitative estimate of drug-likeness (QED) is 0.817. The van der Waals surface area contributed by atoms with Crippen molar-refractivity contribution in [3.63, 3.8) is 0 Å². The van der Waals surface area contributed by atoms with E-state index < -0.39 is 5.41 Å². The van der Waals surface area contributed by atoms with Crippen LogP contribution in [0.2, 0.25) is 5.02 Å². The highest BCUT2D eigenvalue weighted by atomic mass is 35.5. The van der Waals surface area contributed by atoms with E-state index in [-0.39, 0.29) is 11.8 Å². The minimum atomic E-state index is -1.12. The molecule has 0 radical (unpaired) electrons. The Morgan fingerprint density at radius 2 is 2.00 bits per heavy atom. The lowest BCUT2D eigenvalue weighted by Gasteiger charge is -2.28. The Labute approximate surface area is 131 Å². The molecule has 2 amide bonds. The molecule has 1 aromatic rings. The summed E-state index contributed by atoms with van der Waals surface area (Å²) in [5.41, 5.74) is -0.533. The van der Waals surface area contributed by atoms with Crippen molar-refractivity contribution in [3.8, 4) is 0 Å². The molecule has 0 heterocycles. The smallest absolute Gasteiger partial charge is 0.239 e. The molecule has 21 heavy (non-hydrogen) atoms. The number of hydrogen-bond donors (Lipinski definition) is 1. The zero-order chi connectivity index (χ0) is 16.0. The van der Waals surface area contributed by atoms with Gasteiger partial charge in [0.15, 0.2) is 0 Å². The molecule has 1 N–H and O–H groups in total. The summed E-state index contributed by atoms with van der Waals surface area (Å²) < 4.78 is 0. The standard InChI is InChI=1S/C16H23ClN2O2/c1-5-6-10-19(4)15(21)16(2,3)14(20)18-13-9-7-8-12(17)11-13/h7-9,11H,5-6,10H2,1-4H3,(H,18,20). The Hall–Kier alpha value is -1.55. The molecule has 116 valence electrons. The van der Waals surface area contributed by atoms with Gasteiger partial charge in [0.2, 0.25) is 11.8 Å². The fourth-order valence-corrected chi connectivity index (χ4v) is 2.11. The summed E-state index contributed by atoms with van der Waals surface area (Å²) in [7, 11) is 1.73.